The van der Waals surface area contributed by atoms with E-state index in [-0.39, 0.29) is 18.2 Å². The summed E-state index contributed by atoms with van der Waals surface area (Å²) in [5, 5.41) is 3.31. The van der Waals surface area contributed by atoms with E-state index < -0.39 is 12.1 Å². The maximum atomic E-state index is 13.0. The van der Waals surface area contributed by atoms with Gasteiger partial charge in [0.1, 0.15) is 0 Å². The summed E-state index contributed by atoms with van der Waals surface area (Å²) in [5.41, 5.74) is 0.511. The Morgan fingerprint density at radius 1 is 1.21 bits per heavy atom. The van der Waals surface area contributed by atoms with Gasteiger partial charge in [-0.1, -0.05) is 6.92 Å². The first-order chi connectivity index (χ1) is 13.5. The molecule has 1 unspecified atom stereocenters. The summed E-state index contributed by atoms with van der Waals surface area (Å²) in [6, 6.07) is 0.0602. The van der Waals surface area contributed by atoms with Gasteiger partial charge in [-0.25, -0.2) is 4.79 Å². The van der Waals surface area contributed by atoms with Crippen LogP contribution in [0.2, 0.25) is 0 Å². The molecule has 0 spiro atoms. The summed E-state index contributed by atoms with van der Waals surface area (Å²) < 4.78 is 14.0. The Labute approximate surface area is 163 Å². The van der Waals surface area contributed by atoms with Crippen molar-refractivity contribution in [3.63, 3.8) is 0 Å². The SMILES string of the molecule is CCOC(=O)C(CC)Oc1nc2nc(N3CCNCC3)n(CC)c2c(=O)n1C. The van der Waals surface area contributed by atoms with Crippen LogP contribution in [0.5, 0.6) is 6.01 Å². The molecule has 3 heterocycles. The van der Waals surface area contributed by atoms with Crippen molar-refractivity contribution < 1.29 is 14.3 Å². The second kappa shape index (κ2) is 8.59. The number of hydrogen-bond donors (Lipinski definition) is 1. The number of ether oxygens (including phenoxy) is 2. The van der Waals surface area contributed by atoms with Crippen molar-refractivity contribution in [3.8, 4) is 6.01 Å². The number of nitrogens with one attached hydrogen (secondary N) is 1. The van der Waals surface area contributed by atoms with Gasteiger partial charge in [0.25, 0.3) is 5.56 Å². The molecule has 2 aromatic rings. The average molecular weight is 392 g/mol. The predicted octanol–water partition coefficient (Wildman–Crippen LogP) is 0.280. The molecule has 0 radical (unpaired) electrons. The lowest BCUT2D eigenvalue weighted by atomic mass is 10.3. The number of aryl methyl sites for hydroxylation is 1. The second-order valence-electron chi connectivity index (χ2n) is 6.59. The lowest BCUT2D eigenvalue weighted by Crippen LogP contribution is -2.44. The van der Waals surface area contributed by atoms with Gasteiger partial charge in [-0.3, -0.25) is 9.36 Å². The number of carbonyl (C=O) groups excluding carboxylic acids is 1. The lowest BCUT2D eigenvalue weighted by molar-refractivity contribution is -0.151. The van der Waals surface area contributed by atoms with Crippen molar-refractivity contribution in [2.75, 3.05) is 37.7 Å². The van der Waals surface area contributed by atoms with E-state index in [1.807, 2.05) is 18.4 Å². The Morgan fingerprint density at radius 2 is 1.93 bits per heavy atom. The Hall–Kier alpha value is -2.62. The normalized spacial score (nSPS) is 15.6. The Balaban J connectivity index is 2.03. The molecule has 1 atom stereocenters. The van der Waals surface area contributed by atoms with Gasteiger partial charge in [0, 0.05) is 39.8 Å². The first-order valence-corrected chi connectivity index (χ1v) is 9.77. The Kier molecular flexibility index (Phi) is 6.18. The van der Waals surface area contributed by atoms with E-state index in [4.69, 9.17) is 9.47 Å². The van der Waals surface area contributed by atoms with Crippen molar-refractivity contribution >= 4 is 23.1 Å². The Bertz CT molecular complexity index is 900. The molecule has 28 heavy (non-hydrogen) atoms. The number of anilines is 1. The molecule has 0 amide bonds. The maximum absolute atomic E-state index is 13.0. The molecule has 1 aliphatic rings. The largest absolute Gasteiger partial charge is 0.463 e. The van der Waals surface area contributed by atoms with Crippen LogP contribution in [0.25, 0.3) is 11.2 Å². The van der Waals surface area contributed by atoms with Crippen LogP contribution in [0.3, 0.4) is 0 Å². The first-order valence-electron chi connectivity index (χ1n) is 9.77. The van der Waals surface area contributed by atoms with E-state index in [0.29, 0.717) is 24.1 Å². The van der Waals surface area contributed by atoms with Gasteiger partial charge in [0.2, 0.25) is 5.95 Å². The predicted molar refractivity (Wildman–Crippen MR) is 105 cm³/mol. The van der Waals surface area contributed by atoms with Crippen molar-refractivity contribution in [3.05, 3.63) is 10.4 Å². The zero-order valence-corrected chi connectivity index (χ0v) is 16.9. The molecule has 0 bridgehead atoms. The highest BCUT2D eigenvalue weighted by atomic mass is 16.6. The third kappa shape index (κ3) is 3.68. The number of aromatic nitrogens is 4. The van der Waals surface area contributed by atoms with Crippen LogP contribution < -0.4 is 20.5 Å². The molecule has 0 saturated carbocycles. The molecule has 3 rings (SSSR count). The molecule has 10 heteroatoms. The highest BCUT2D eigenvalue weighted by Crippen LogP contribution is 2.22. The van der Waals surface area contributed by atoms with E-state index in [0.717, 1.165) is 32.1 Å². The highest BCUT2D eigenvalue weighted by Gasteiger charge is 2.26. The van der Waals surface area contributed by atoms with E-state index in [1.54, 1.807) is 14.0 Å². The number of piperazine rings is 1. The zero-order chi connectivity index (χ0) is 20.3. The third-order valence-electron chi connectivity index (χ3n) is 4.81. The summed E-state index contributed by atoms with van der Waals surface area (Å²) >= 11 is 0. The van der Waals surface area contributed by atoms with Crippen LogP contribution in [0.4, 0.5) is 5.95 Å². The van der Waals surface area contributed by atoms with Crippen molar-refractivity contribution in [1.29, 1.82) is 0 Å². The molecule has 10 nitrogen and oxygen atoms in total. The van der Waals surface area contributed by atoms with Gasteiger partial charge in [-0.15, -0.1) is 0 Å². The summed E-state index contributed by atoms with van der Waals surface area (Å²) in [7, 11) is 1.58. The number of hydrogen-bond acceptors (Lipinski definition) is 8. The number of esters is 1. The molecular weight excluding hydrogens is 364 g/mol. The fraction of sp³-hybridized carbons (Fsp3) is 0.667. The smallest absolute Gasteiger partial charge is 0.347 e. The van der Waals surface area contributed by atoms with Gasteiger partial charge in [0.05, 0.1) is 6.61 Å². The summed E-state index contributed by atoms with van der Waals surface area (Å²) in [6.07, 6.45) is -0.418. The number of fused-ring (bicyclic) bond motifs is 1. The quantitative estimate of drug-likeness (QED) is 0.670. The van der Waals surface area contributed by atoms with Crippen molar-refractivity contribution in [2.24, 2.45) is 7.05 Å². The number of rotatable bonds is 7. The molecule has 2 aromatic heterocycles. The van der Waals surface area contributed by atoms with Gasteiger partial charge >= 0.3 is 12.0 Å². The first kappa shape index (κ1) is 20.1. The van der Waals surface area contributed by atoms with Gasteiger partial charge in [-0.05, 0) is 20.3 Å². The second-order valence-corrected chi connectivity index (χ2v) is 6.59. The molecule has 1 saturated heterocycles. The zero-order valence-electron chi connectivity index (χ0n) is 16.9. The van der Waals surface area contributed by atoms with Crippen LogP contribution in [-0.2, 0) is 23.1 Å². The molecule has 0 aromatic carbocycles. The standard InChI is InChI=1S/C18H28N6O4/c1-5-12(16(26)27-7-3)28-18-21-14-13(15(25)22(18)4)24(6-2)17(20-14)23-10-8-19-9-11-23/h12,19H,5-11H2,1-4H3. The van der Waals surface area contributed by atoms with E-state index >= 15 is 0 Å². The lowest BCUT2D eigenvalue weighted by Gasteiger charge is -2.28. The minimum absolute atomic E-state index is 0.0602. The van der Waals surface area contributed by atoms with Gasteiger partial charge < -0.3 is 24.3 Å². The number of carbonyl (C=O) groups is 1. The topological polar surface area (TPSA) is 104 Å². The molecular formula is C18H28N6O4. The maximum Gasteiger partial charge on any atom is 0.347 e. The minimum atomic E-state index is -0.823. The molecule has 0 aliphatic carbocycles. The average Bonchev–Trinajstić information content (AvgIpc) is 3.09. The minimum Gasteiger partial charge on any atom is -0.463 e. The van der Waals surface area contributed by atoms with Crippen LogP contribution in [0, 0.1) is 0 Å². The Morgan fingerprint density at radius 3 is 2.54 bits per heavy atom. The van der Waals surface area contributed by atoms with E-state index in [1.165, 1.54) is 4.57 Å². The van der Waals surface area contributed by atoms with E-state index in [9.17, 15) is 9.59 Å². The monoisotopic (exact) mass is 392 g/mol. The fourth-order valence-corrected chi connectivity index (χ4v) is 3.30. The molecule has 1 fully saturated rings. The summed E-state index contributed by atoms with van der Waals surface area (Å²) in [6.45, 7) is 9.75. The third-order valence-corrected chi connectivity index (χ3v) is 4.81. The van der Waals surface area contributed by atoms with Crippen LogP contribution >= 0.6 is 0 Å². The van der Waals surface area contributed by atoms with Crippen LogP contribution in [0.1, 0.15) is 27.2 Å². The summed E-state index contributed by atoms with van der Waals surface area (Å²) in [5.74, 6) is 0.262. The number of imidazole rings is 1. The number of nitrogens with zero attached hydrogens (tertiary/aromatic N) is 5. The van der Waals surface area contributed by atoms with Gasteiger partial charge in [-0.2, -0.15) is 9.97 Å². The van der Waals surface area contributed by atoms with Crippen LogP contribution in [-0.4, -0.2) is 64.0 Å². The fourth-order valence-electron chi connectivity index (χ4n) is 3.30. The van der Waals surface area contributed by atoms with Gasteiger partial charge in [0.15, 0.2) is 17.3 Å². The molecule has 1 N–H and O–H groups in total. The van der Waals surface area contributed by atoms with Crippen molar-refractivity contribution in [1.82, 2.24) is 24.4 Å². The molecule has 154 valence electrons. The van der Waals surface area contributed by atoms with E-state index in [2.05, 4.69) is 20.2 Å². The van der Waals surface area contributed by atoms with Crippen molar-refractivity contribution in [2.45, 2.75) is 39.8 Å². The van der Waals surface area contributed by atoms with Crippen LogP contribution in [0.15, 0.2) is 4.79 Å². The summed E-state index contributed by atoms with van der Waals surface area (Å²) in [4.78, 5) is 36.3. The highest BCUT2D eigenvalue weighted by molar-refractivity contribution is 5.76. The molecule has 1 aliphatic heterocycles.